The van der Waals surface area contributed by atoms with E-state index in [1.807, 2.05) is 59.3 Å². The second-order valence-corrected chi connectivity index (χ2v) is 8.48. The highest BCUT2D eigenvalue weighted by Gasteiger charge is 2.37. The van der Waals surface area contributed by atoms with Crippen molar-refractivity contribution >= 4 is 41.2 Å². The average molecular weight is 462 g/mol. The van der Waals surface area contributed by atoms with Gasteiger partial charge in [-0.15, -0.1) is 0 Å². The molecule has 0 bridgehead atoms. The first kappa shape index (κ1) is 22.6. The fraction of sp³-hybridized carbons (Fsp3) is 0.192. The lowest BCUT2D eigenvalue weighted by Gasteiger charge is -2.26. The van der Waals surface area contributed by atoms with Crippen molar-refractivity contribution in [1.29, 1.82) is 0 Å². The van der Waals surface area contributed by atoms with Crippen LogP contribution in [0, 0.1) is 0 Å². The number of halogens is 1. The van der Waals surface area contributed by atoms with E-state index in [2.05, 4.69) is 19.2 Å². The number of nitrogens with zero attached hydrogens (tertiary/aromatic N) is 2. The van der Waals surface area contributed by atoms with Crippen LogP contribution in [0.2, 0.25) is 5.02 Å². The number of amides is 4. The Morgan fingerprint density at radius 3 is 2.36 bits per heavy atom. The number of hydrogen-bond donors (Lipinski definition) is 1. The minimum absolute atomic E-state index is 0.100. The van der Waals surface area contributed by atoms with E-state index in [0.29, 0.717) is 28.9 Å². The van der Waals surface area contributed by atoms with Gasteiger partial charge in [0.1, 0.15) is 5.57 Å². The van der Waals surface area contributed by atoms with Gasteiger partial charge in [0.15, 0.2) is 0 Å². The van der Waals surface area contributed by atoms with Gasteiger partial charge in [-0.25, -0.2) is 9.69 Å². The molecule has 0 aliphatic carbocycles. The van der Waals surface area contributed by atoms with Crippen LogP contribution in [0.5, 0.6) is 0 Å². The van der Waals surface area contributed by atoms with Gasteiger partial charge < -0.3 is 4.57 Å². The van der Waals surface area contributed by atoms with Crippen molar-refractivity contribution in [2.75, 3.05) is 4.90 Å². The SMILES string of the molecule is CC[C@H](C)c1ccc(N2C(=O)NC(=O)/C(=C\c3cccn3Cc3ccc(Cl)cc3)C2=O)cc1. The molecule has 1 aliphatic heterocycles. The van der Waals surface area contributed by atoms with Crippen molar-refractivity contribution in [2.45, 2.75) is 32.7 Å². The maximum absolute atomic E-state index is 13.2. The van der Waals surface area contributed by atoms with E-state index >= 15 is 0 Å². The zero-order chi connectivity index (χ0) is 23.5. The Morgan fingerprint density at radius 2 is 1.70 bits per heavy atom. The number of hydrogen-bond acceptors (Lipinski definition) is 3. The summed E-state index contributed by atoms with van der Waals surface area (Å²) < 4.78 is 1.92. The highest BCUT2D eigenvalue weighted by atomic mass is 35.5. The van der Waals surface area contributed by atoms with Crippen LogP contribution in [-0.4, -0.2) is 22.4 Å². The Morgan fingerprint density at radius 1 is 1.00 bits per heavy atom. The quantitative estimate of drug-likeness (QED) is 0.396. The lowest BCUT2D eigenvalue weighted by molar-refractivity contribution is -0.122. The van der Waals surface area contributed by atoms with Crippen molar-refractivity contribution in [3.05, 3.63) is 94.3 Å². The van der Waals surface area contributed by atoms with Crippen molar-refractivity contribution in [2.24, 2.45) is 0 Å². The molecule has 3 aromatic rings. The van der Waals surface area contributed by atoms with Gasteiger partial charge >= 0.3 is 6.03 Å². The summed E-state index contributed by atoms with van der Waals surface area (Å²) in [5, 5.41) is 2.93. The molecular weight excluding hydrogens is 438 g/mol. The predicted octanol–water partition coefficient (Wildman–Crippen LogP) is 5.37. The molecule has 0 spiro atoms. The number of nitrogens with one attached hydrogen (secondary N) is 1. The Hall–Kier alpha value is -3.64. The van der Waals surface area contributed by atoms with Gasteiger partial charge in [-0.3, -0.25) is 14.9 Å². The standard InChI is InChI=1S/C26H24ClN3O3/c1-3-17(2)19-8-12-21(13-9-19)30-25(32)23(24(31)28-26(30)33)15-22-5-4-14-29(22)16-18-6-10-20(27)11-7-18/h4-15,17H,3,16H2,1-2H3,(H,28,31,33)/b23-15+/t17-/m0/s1. The molecule has 4 rings (SSSR count). The molecule has 0 unspecified atom stereocenters. The van der Waals surface area contributed by atoms with Crippen molar-refractivity contribution in [3.63, 3.8) is 0 Å². The number of urea groups is 1. The first-order chi connectivity index (χ1) is 15.9. The Labute approximate surface area is 197 Å². The van der Waals surface area contributed by atoms with Crippen LogP contribution in [0.4, 0.5) is 10.5 Å². The van der Waals surface area contributed by atoms with Gasteiger partial charge in [-0.2, -0.15) is 0 Å². The number of rotatable bonds is 6. The topological polar surface area (TPSA) is 71.4 Å². The largest absolute Gasteiger partial charge is 0.344 e. The Balaban J connectivity index is 1.62. The second kappa shape index (κ2) is 9.46. The Bertz CT molecular complexity index is 1230. The molecule has 4 amide bonds. The summed E-state index contributed by atoms with van der Waals surface area (Å²) in [6, 6.07) is 17.6. The summed E-state index contributed by atoms with van der Waals surface area (Å²) >= 11 is 5.96. The molecule has 1 atom stereocenters. The lowest BCUT2D eigenvalue weighted by atomic mass is 9.98. The number of barbiturate groups is 1. The third-order valence-electron chi connectivity index (χ3n) is 5.86. The second-order valence-electron chi connectivity index (χ2n) is 8.05. The van der Waals surface area contributed by atoms with Crippen molar-refractivity contribution < 1.29 is 14.4 Å². The van der Waals surface area contributed by atoms with Crippen LogP contribution >= 0.6 is 11.6 Å². The maximum Gasteiger partial charge on any atom is 0.335 e. The Kier molecular flexibility index (Phi) is 6.47. The first-order valence-corrected chi connectivity index (χ1v) is 11.2. The summed E-state index contributed by atoms with van der Waals surface area (Å²) in [7, 11) is 0. The molecule has 2 aromatic carbocycles. The van der Waals surface area contributed by atoms with E-state index in [0.717, 1.165) is 22.4 Å². The monoisotopic (exact) mass is 461 g/mol. The first-order valence-electron chi connectivity index (χ1n) is 10.8. The van der Waals surface area contributed by atoms with Crippen LogP contribution in [0.3, 0.4) is 0 Å². The van der Waals surface area contributed by atoms with Gasteiger partial charge in [-0.1, -0.05) is 49.7 Å². The van der Waals surface area contributed by atoms with Crippen LogP contribution in [0.25, 0.3) is 6.08 Å². The summed E-state index contributed by atoms with van der Waals surface area (Å²) in [6.07, 6.45) is 4.36. The summed E-state index contributed by atoms with van der Waals surface area (Å²) in [5.74, 6) is -0.994. The molecule has 33 heavy (non-hydrogen) atoms. The van der Waals surface area contributed by atoms with E-state index in [1.165, 1.54) is 6.08 Å². The highest BCUT2D eigenvalue weighted by Crippen LogP contribution is 2.26. The molecule has 1 saturated heterocycles. The molecule has 2 heterocycles. The third-order valence-corrected chi connectivity index (χ3v) is 6.11. The number of anilines is 1. The van der Waals surface area contributed by atoms with Gasteiger partial charge in [-0.05, 0) is 65.9 Å². The lowest BCUT2D eigenvalue weighted by Crippen LogP contribution is -2.54. The van der Waals surface area contributed by atoms with Gasteiger partial charge in [0.2, 0.25) is 0 Å². The zero-order valence-corrected chi connectivity index (χ0v) is 19.2. The van der Waals surface area contributed by atoms with Crippen LogP contribution in [0.1, 0.15) is 43.0 Å². The van der Waals surface area contributed by atoms with Gasteiger partial charge in [0.05, 0.1) is 5.69 Å². The number of carbonyl (C=O) groups is 3. The van der Waals surface area contributed by atoms with E-state index in [-0.39, 0.29) is 5.57 Å². The molecule has 1 aliphatic rings. The number of carbonyl (C=O) groups excluding carboxylic acids is 3. The molecule has 168 valence electrons. The fourth-order valence-electron chi connectivity index (χ4n) is 3.72. The van der Waals surface area contributed by atoms with Crippen LogP contribution in [0.15, 0.2) is 72.4 Å². The molecule has 1 aromatic heterocycles. The summed E-state index contributed by atoms with van der Waals surface area (Å²) in [5.41, 5.74) is 3.13. The summed E-state index contributed by atoms with van der Waals surface area (Å²) in [4.78, 5) is 39.2. The van der Waals surface area contributed by atoms with Crippen molar-refractivity contribution in [1.82, 2.24) is 9.88 Å². The summed E-state index contributed by atoms with van der Waals surface area (Å²) in [6.45, 7) is 4.76. The molecular formula is C26H24ClN3O3. The van der Waals surface area contributed by atoms with E-state index in [1.54, 1.807) is 12.1 Å². The molecule has 1 N–H and O–H groups in total. The molecule has 0 radical (unpaired) electrons. The molecule has 7 heteroatoms. The van der Waals surface area contributed by atoms with Gasteiger partial charge in [0.25, 0.3) is 11.8 Å². The normalized spacial score (nSPS) is 16.3. The van der Waals surface area contributed by atoms with E-state index in [9.17, 15) is 14.4 Å². The number of imide groups is 2. The molecule has 0 saturated carbocycles. The van der Waals surface area contributed by atoms with E-state index in [4.69, 9.17) is 11.6 Å². The van der Waals surface area contributed by atoms with Crippen LogP contribution < -0.4 is 10.2 Å². The van der Waals surface area contributed by atoms with Crippen LogP contribution in [-0.2, 0) is 16.1 Å². The average Bonchev–Trinajstić information content (AvgIpc) is 3.24. The number of benzene rings is 2. The third kappa shape index (κ3) is 4.76. The smallest absolute Gasteiger partial charge is 0.335 e. The van der Waals surface area contributed by atoms with Gasteiger partial charge in [0, 0.05) is 23.5 Å². The maximum atomic E-state index is 13.2. The van der Waals surface area contributed by atoms with Crippen molar-refractivity contribution in [3.8, 4) is 0 Å². The predicted molar refractivity (Wildman–Crippen MR) is 129 cm³/mol. The molecule has 1 fully saturated rings. The zero-order valence-electron chi connectivity index (χ0n) is 18.4. The fourth-order valence-corrected chi connectivity index (χ4v) is 3.84. The minimum atomic E-state index is -0.755. The number of aromatic nitrogens is 1. The molecule has 6 nitrogen and oxygen atoms in total. The van der Waals surface area contributed by atoms with E-state index < -0.39 is 17.8 Å². The minimum Gasteiger partial charge on any atom is -0.344 e. The highest BCUT2D eigenvalue weighted by molar-refractivity contribution is 6.39.